The van der Waals surface area contributed by atoms with Gasteiger partial charge >= 0.3 is 0 Å². The number of likely N-dealkylation sites (tertiary alicyclic amines) is 4. The van der Waals surface area contributed by atoms with Crippen molar-refractivity contribution in [1.29, 1.82) is 0 Å². The van der Waals surface area contributed by atoms with Crippen LogP contribution >= 0.6 is 0 Å². The normalized spacial score (nSPS) is 39.4. The third kappa shape index (κ3) is 3.79. The minimum atomic E-state index is 0.504. The van der Waals surface area contributed by atoms with Gasteiger partial charge in [0.25, 0.3) is 0 Å². The highest BCUT2D eigenvalue weighted by atomic mass is 15.3. The molecule has 0 saturated carbocycles. The quantitative estimate of drug-likeness (QED) is 0.689. The van der Waals surface area contributed by atoms with Crippen molar-refractivity contribution in [2.45, 2.75) is 90.4 Å². The smallest absolute Gasteiger partial charge is 0.0348 e. The highest BCUT2D eigenvalue weighted by Crippen LogP contribution is 2.41. The van der Waals surface area contributed by atoms with Crippen LogP contribution in [0.2, 0.25) is 0 Å². The summed E-state index contributed by atoms with van der Waals surface area (Å²) >= 11 is 0. The second-order valence-electron chi connectivity index (χ2n) is 10.7. The maximum absolute atomic E-state index is 2.87. The van der Waals surface area contributed by atoms with Crippen LogP contribution in [-0.2, 0) is 0 Å². The van der Waals surface area contributed by atoms with Crippen LogP contribution in [0.5, 0.6) is 0 Å². The van der Waals surface area contributed by atoms with Crippen LogP contribution in [0, 0.1) is 11.8 Å². The zero-order valence-electron chi connectivity index (χ0n) is 19.4. The SMILES string of the molecule is CCN1CC2CN(C(C)C)C(CC(C)N3CCC4(CCCCN4CC)C3)C2C1. The lowest BCUT2D eigenvalue weighted by Gasteiger charge is -2.45. The van der Waals surface area contributed by atoms with E-state index in [0.717, 1.165) is 23.9 Å². The molecule has 0 N–H and O–H groups in total. The molecule has 4 aliphatic rings. The van der Waals surface area contributed by atoms with E-state index < -0.39 is 0 Å². The van der Waals surface area contributed by atoms with Crippen molar-refractivity contribution < 1.29 is 0 Å². The number of hydrogen-bond acceptors (Lipinski definition) is 4. The van der Waals surface area contributed by atoms with Crippen LogP contribution in [-0.4, -0.2) is 95.6 Å². The van der Waals surface area contributed by atoms with Crippen LogP contribution in [0.4, 0.5) is 0 Å². The van der Waals surface area contributed by atoms with E-state index >= 15 is 0 Å². The van der Waals surface area contributed by atoms with E-state index in [9.17, 15) is 0 Å². The Balaban J connectivity index is 1.41. The lowest BCUT2D eigenvalue weighted by atomic mass is 9.85. The molecule has 5 atom stereocenters. The van der Waals surface area contributed by atoms with Crippen molar-refractivity contribution in [1.82, 2.24) is 19.6 Å². The predicted octanol–water partition coefficient (Wildman–Crippen LogP) is 3.38. The Morgan fingerprint density at radius 1 is 0.929 bits per heavy atom. The number of piperidine rings is 1. The fraction of sp³-hybridized carbons (Fsp3) is 1.00. The van der Waals surface area contributed by atoms with Gasteiger partial charge < -0.3 is 4.90 Å². The number of rotatable bonds is 6. The van der Waals surface area contributed by atoms with Gasteiger partial charge in [-0.15, -0.1) is 0 Å². The van der Waals surface area contributed by atoms with E-state index in [1.807, 2.05) is 0 Å². The van der Waals surface area contributed by atoms with Crippen LogP contribution in [0.1, 0.15) is 66.7 Å². The molecular weight excluding hydrogens is 344 g/mol. The van der Waals surface area contributed by atoms with Gasteiger partial charge in [0.1, 0.15) is 0 Å². The predicted molar refractivity (Wildman–Crippen MR) is 119 cm³/mol. The topological polar surface area (TPSA) is 13.0 Å². The summed E-state index contributed by atoms with van der Waals surface area (Å²) in [7, 11) is 0. The Labute approximate surface area is 174 Å². The van der Waals surface area contributed by atoms with E-state index in [2.05, 4.69) is 54.2 Å². The van der Waals surface area contributed by atoms with E-state index in [1.165, 1.54) is 84.5 Å². The minimum Gasteiger partial charge on any atom is -0.303 e. The summed E-state index contributed by atoms with van der Waals surface area (Å²) in [5, 5.41) is 0. The minimum absolute atomic E-state index is 0.504. The van der Waals surface area contributed by atoms with Gasteiger partial charge in [-0.25, -0.2) is 0 Å². The molecule has 0 aromatic rings. The van der Waals surface area contributed by atoms with Crippen LogP contribution < -0.4 is 0 Å². The van der Waals surface area contributed by atoms with Crippen molar-refractivity contribution in [2.75, 3.05) is 52.4 Å². The van der Waals surface area contributed by atoms with Crippen molar-refractivity contribution in [3.8, 4) is 0 Å². The summed E-state index contributed by atoms with van der Waals surface area (Å²) in [5.74, 6) is 1.82. The maximum Gasteiger partial charge on any atom is 0.0348 e. The molecule has 4 heteroatoms. The van der Waals surface area contributed by atoms with Gasteiger partial charge in [-0.1, -0.05) is 20.3 Å². The summed E-state index contributed by atoms with van der Waals surface area (Å²) in [4.78, 5) is 11.3. The lowest BCUT2D eigenvalue weighted by molar-refractivity contribution is 0.0497. The summed E-state index contributed by atoms with van der Waals surface area (Å²) < 4.78 is 0. The molecule has 1 spiro atoms. The highest BCUT2D eigenvalue weighted by Gasteiger charge is 2.49. The molecule has 4 fully saturated rings. The van der Waals surface area contributed by atoms with Crippen molar-refractivity contribution >= 4 is 0 Å². The van der Waals surface area contributed by atoms with Gasteiger partial charge in [-0.3, -0.25) is 14.7 Å². The summed E-state index contributed by atoms with van der Waals surface area (Å²) in [5.41, 5.74) is 0.504. The van der Waals surface area contributed by atoms with Crippen LogP contribution in [0.25, 0.3) is 0 Å². The van der Waals surface area contributed by atoms with Gasteiger partial charge in [0.15, 0.2) is 0 Å². The first-order valence-electron chi connectivity index (χ1n) is 12.4. The molecule has 0 radical (unpaired) electrons. The highest BCUT2D eigenvalue weighted by molar-refractivity contribution is 5.04. The molecule has 28 heavy (non-hydrogen) atoms. The van der Waals surface area contributed by atoms with Gasteiger partial charge in [-0.05, 0) is 77.9 Å². The van der Waals surface area contributed by atoms with E-state index in [1.54, 1.807) is 0 Å². The Morgan fingerprint density at radius 2 is 1.75 bits per heavy atom. The monoisotopic (exact) mass is 390 g/mol. The molecule has 0 aromatic carbocycles. The molecule has 0 aliphatic carbocycles. The Hall–Kier alpha value is -0.160. The van der Waals surface area contributed by atoms with Gasteiger partial charge in [0, 0.05) is 56.4 Å². The average molecular weight is 391 g/mol. The Bertz CT molecular complexity index is 523. The first kappa shape index (κ1) is 21.1. The second-order valence-corrected chi connectivity index (χ2v) is 10.7. The molecule has 4 rings (SSSR count). The fourth-order valence-electron chi connectivity index (χ4n) is 7.30. The molecule has 4 nitrogen and oxygen atoms in total. The first-order valence-corrected chi connectivity index (χ1v) is 12.4. The van der Waals surface area contributed by atoms with E-state index in [0.29, 0.717) is 11.6 Å². The number of hydrogen-bond donors (Lipinski definition) is 0. The summed E-state index contributed by atoms with van der Waals surface area (Å²) in [6.45, 7) is 22.6. The molecule has 0 aromatic heterocycles. The average Bonchev–Trinajstić information content (AvgIpc) is 3.36. The Morgan fingerprint density at radius 3 is 2.46 bits per heavy atom. The lowest BCUT2D eigenvalue weighted by Crippen LogP contribution is -2.54. The Kier molecular flexibility index (Phi) is 6.42. The van der Waals surface area contributed by atoms with Gasteiger partial charge in [-0.2, -0.15) is 0 Å². The molecule has 0 amide bonds. The van der Waals surface area contributed by atoms with E-state index in [4.69, 9.17) is 0 Å². The number of fused-ring (bicyclic) bond motifs is 1. The van der Waals surface area contributed by atoms with Crippen LogP contribution in [0.3, 0.4) is 0 Å². The maximum atomic E-state index is 2.87. The molecule has 4 heterocycles. The van der Waals surface area contributed by atoms with Gasteiger partial charge in [0.2, 0.25) is 0 Å². The standard InChI is InChI=1S/C24H46N4/c1-6-25-15-21-16-28(19(3)4)23(22(21)17-25)14-20(5)26-13-11-24(18-26)10-8-9-12-27(24)7-2/h19-23H,6-18H2,1-5H3. The number of likely N-dealkylation sites (N-methyl/N-ethyl adjacent to an activating group) is 1. The molecule has 4 saturated heterocycles. The zero-order chi connectivity index (χ0) is 19.9. The fourth-order valence-corrected chi connectivity index (χ4v) is 7.30. The summed E-state index contributed by atoms with van der Waals surface area (Å²) in [6, 6.07) is 2.21. The first-order chi connectivity index (χ1) is 13.5. The van der Waals surface area contributed by atoms with E-state index in [-0.39, 0.29) is 0 Å². The van der Waals surface area contributed by atoms with Crippen molar-refractivity contribution in [3.63, 3.8) is 0 Å². The number of nitrogens with zero attached hydrogens (tertiary/aromatic N) is 4. The van der Waals surface area contributed by atoms with Gasteiger partial charge in [0.05, 0.1) is 0 Å². The third-order valence-corrected chi connectivity index (χ3v) is 8.98. The molecule has 162 valence electrons. The molecular formula is C24H46N4. The molecule has 4 aliphatic heterocycles. The van der Waals surface area contributed by atoms with Crippen LogP contribution in [0.15, 0.2) is 0 Å². The molecule has 0 bridgehead atoms. The third-order valence-electron chi connectivity index (χ3n) is 8.98. The zero-order valence-corrected chi connectivity index (χ0v) is 19.4. The summed E-state index contributed by atoms with van der Waals surface area (Å²) in [6.07, 6.45) is 7.06. The second kappa shape index (κ2) is 8.53. The molecule has 5 unspecified atom stereocenters. The van der Waals surface area contributed by atoms with Crippen molar-refractivity contribution in [3.05, 3.63) is 0 Å². The van der Waals surface area contributed by atoms with Crippen molar-refractivity contribution in [2.24, 2.45) is 11.8 Å². The largest absolute Gasteiger partial charge is 0.303 e.